The van der Waals surface area contributed by atoms with Crippen molar-refractivity contribution >= 4 is 5.78 Å². The Bertz CT molecular complexity index is 134. The summed E-state index contributed by atoms with van der Waals surface area (Å²) in [6.45, 7) is 4.22. The maximum atomic E-state index is 11.3. The third kappa shape index (κ3) is 1.59. The van der Waals surface area contributed by atoms with Crippen LogP contribution in [0, 0.1) is 5.41 Å². The van der Waals surface area contributed by atoms with Gasteiger partial charge in [-0.05, 0) is 19.3 Å². The molecule has 0 spiro atoms. The molecule has 1 fully saturated rings. The third-order valence-corrected chi connectivity index (χ3v) is 2.43. The van der Waals surface area contributed by atoms with E-state index in [-0.39, 0.29) is 5.41 Å². The van der Waals surface area contributed by atoms with Crippen molar-refractivity contribution in [1.29, 1.82) is 0 Å². The van der Waals surface area contributed by atoms with E-state index in [0.29, 0.717) is 5.78 Å². The Hall–Kier alpha value is -0.330. The van der Waals surface area contributed by atoms with Crippen molar-refractivity contribution in [2.45, 2.75) is 46.0 Å². The average molecular weight is 140 g/mol. The molecule has 0 amide bonds. The number of Topliss-reactive ketones (excluding diaryl/α,β-unsaturated/α-hetero) is 1. The molecule has 0 aromatic carbocycles. The third-order valence-electron chi connectivity index (χ3n) is 2.43. The molecule has 0 saturated heterocycles. The quantitative estimate of drug-likeness (QED) is 0.586. The molecule has 58 valence electrons. The number of ketones is 1. The van der Waals surface area contributed by atoms with Crippen molar-refractivity contribution in [3.63, 3.8) is 0 Å². The smallest absolute Gasteiger partial charge is 0.138 e. The summed E-state index contributed by atoms with van der Waals surface area (Å²) in [5.74, 6) is 0.495. The number of carbonyl (C=O) groups excluding carboxylic acids is 1. The Morgan fingerprint density at radius 2 is 2.10 bits per heavy atom. The molecule has 0 aliphatic heterocycles. The Balaban J connectivity index is 2.22. The molecule has 0 unspecified atom stereocenters. The Morgan fingerprint density at radius 3 is 2.50 bits per heavy atom. The Labute approximate surface area is 62.8 Å². The number of carbonyl (C=O) groups is 1. The molecule has 0 atom stereocenters. The van der Waals surface area contributed by atoms with Crippen molar-refractivity contribution in [2.75, 3.05) is 0 Å². The number of hydrogen-bond donors (Lipinski definition) is 0. The molecular formula is C9H16O. The average Bonchev–Trinajstić information content (AvgIpc) is 2.64. The number of unbranched alkanes of at least 4 members (excludes halogenated alkanes) is 1. The predicted octanol–water partition coefficient (Wildman–Crippen LogP) is 2.55. The van der Waals surface area contributed by atoms with Crippen LogP contribution in [0.5, 0.6) is 0 Å². The standard InChI is InChI=1S/C9H16O/c1-3-4-5-8(10)9(2)6-7-9/h3-7H2,1-2H3. The van der Waals surface area contributed by atoms with Crippen LogP contribution in [-0.2, 0) is 4.79 Å². The molecule has 0 aromatic rings. The van der Waals surface area contributed by atoms with Gasteiger partial charge in [-0.15, -0.1) is 0 Å². The fraction of sp³-hybridized carbons (Fsp3) is 0.889. The van der Waals surface area contributed by atoms with Crippen LogP contribution in [0.4, 0.5) is 0 Å². The van der Waals surface area contributed by atoms with Crippen LogP contribution in [0.1, 0.15) is 46.0 Å². The summed E-state index contributed by atoms with van der Waals surface area (Å²) in [7, 11) is 0. The number of hydrogen-bond acceptors (Lipinski definition) is 1. The second kappa shape index (κ2) is 2.73. The minimum Gasteiger partial charge on any atom is -0.299 e. The van der Waals surface area contributed by atoms with Crippen LogP contribution in [0.3, 0.4) is 0 Å². The van der Waals surface area contributed by atoms with Crippen LogP contribution in [0.15, 0.2) is 0 Å². The number of rotatable bonds is 4. The summed E-state index contributed by atoms with van der Waals surface area (Å²) in [6, 6.07) is 0. The summed E-state index contributed by atoms with van der Waals surface area (Å²) in [5, 5.41) is 0. The molecule has 0 bridgehead atoms. The molecule has 0 N–H and O–H groups in total. The predicted molar refractivity (Wildman–Crippen MR) is 41.9 cm³/mol. The van der Waals surface area contributed by atoms with E-state index in [4.69, 9.17) is 0 Å². The first-order chi connectivity index (χ1) is 4.69. The lowest BCUT2D eigenvalue weighted by Gasteiger charge is -2.04. The highest BCUT2D eigenvalue weighted by molar-refractivity contribution is 5.86. The second-order valence-electron chi connectivity index (χ2n) is 3.59. The van der Waals surface area contributed by atoms with E-state index < -0.39 is 0 Å². The lowest BCUT2D eigenvalue weighted by molar-refractivity contribution is -0.123. The molecular weight excluding hydrogens is 124 g/mol. The SMILES string of the molecule is CCCCC(=O)C1(C)CC1. The van der Waals surface area contributed by atoms with Crippen LogP contribution < -0.4 is 0 Å². The highest BCUT2D eigenvalue weighted by atomic mass is 16.1. The normalized spacial score (nSPS) is 20.6. The van der Waals surface area contributed by atoms with Gasteiger partial charge < -0.3 is 0 Å². The topological polar surface area (TPSA) is 17.1 Å². The van der Waals surface area contributed by atoms with Crippen LogP contribution in [0.2, 0.25) is 0 Å². The molecule has 1 aliphatic carbocycles. The van der Waals surface area contributed by atoms with E-state index in [1.807, 2.05) is 0 Å². The van der Waals surface area contributed by atoms with Crippen molar-refractivity contribution in [2.24, 2.45) is 5.41 Å². The zero-order chi connectivity index (χ0) is 7.61. The van der Waals surface area contributed by atoms with Crippen LogP contribution in [0.25, 0.3) is 0 Å². The summed E-state index contributed by atoms with van der Waals surface area (Å²) in [6.07, 6.45) is 5.30. The van der Waals surface area contributed by atoms with Crippen molar-refractivity contribution in [3.8, 4) is 0 Å². The first-order valence-electron chi connectivity index (χ1n) is 4.22. The molecule has 0 heterocycles. The summed E-state index contributed by atoms with van der Waals surface area (Å²) in [5.41, 5.74) is 0.120. The van der Waals surface area contributed by atoms with E-state index >= 15 is 0 Å². The van der Waals surface area contributed by atoms with E-state index in [2.05, 4.69) is 13.8 Å². The van der Waals surface area contributed by atoms with E-state index in [1.165, 1.54) is 0 Å². The van der Waals surface area contributed by atoms with Gasteiger partial charge in [0.15, 0.2) is 0 Å². The maximum absolute atomic E-state index is 11.3. The first kappa shape index (κ1) is 7.77. The van der Waals surface area contributed by atoms with Gasteiger partial charge >= 0.3 is 0 Å². The second-order valence-corrected chi connectivity index (χ2v) is 3.59. The van der Waals surface area contributed by atoms with E-state index in [0.717, 1.165) is 32.1 Å². The zero-order valence-electron chi connectivity index (χ0n) is 6.94. The molecule has 1 heteroatoms. The van der Waals surface area contributed by atoms with Gasteiger partial charge in [0.1, 0.15) is 5.78 Å². The molecule has 1 nitrogen and oxygen atoms in total. The van der Waals surface area contributed by atoms with Crippen molar-refractivity contribution in [1.82, 2.24) is 0 Å². The van der Waals surface area contributed by atoms with Crippen molar-refractivity contribution < 1.29 is 4.79 Å². The van der Waals surface area contributed by atoms with Gasteiger partial charge in [0.05, 0.1) is 0 Å². The minimum atomic E-state index is 0.120. The van der Waals surface area contributed by atoms with Gasteiger partial charge in [-0.3, -0.25) is 4.79 Å². The van der Waals surface area contributed by atoms with Gasteiger partial charge in [0.2, 0.25) is 0 Å². The minimum absolute atomic E-state index is 0.120. The van der Waals surface area contributed by atoms with E-state index in [9.17, 15) is 4.79 Å². The molecule has 1 rings (SSSR count). The summed E-state index contributed by atoms with van der Waals surface area (Å²) >= 11 is 0. The van der Waals surface area contributed by atoms with E-state index in [1.54, 1.807) is 0 Å². The van der Waals surface area contributed by atoms with Gasteiger partial charge in [-0.25, -0.2) is 0 Å². The van der Waals surface area contributed by atoms with Gasteiger partial charge in [-0.2, -0.15) is 0 Å². The van der Waals surface area contributed by atoms with Crippen LogP contribution in [-0.4, -0.2) is 5.78 Å². The summed E-state index contributed by atoms with van der Waals surface area (Å²) < 4.78 is 0. The fourth-order valence-electron chi connectivity index (χ4n) is 1.11. The maximum Gasteiger partial charge on any atom is 0.138 e. The van der Waals surface area contributed by atoms with Gasteiger partial charge in [0, 0.05) is 11.8 Å². The molecule has 1 aliphatic rings. The van der Waals surface area contributed by atoms with Crippen molar-refractivity contribution in [3.05, 3.63) is 0 Å². The highest BCUT2D eigenvalue weighted by Crippen LogP contribution is 2.46. The zero-order valence-corrected chi connectivity index (χ0v) is 6.94. The lowest BCUT2D eigenvalue weighted by atomic mass is 9.99. The highest BCUT2D eigenvalue weighted by Gasteiger charge is 2.43. The first-order valence-corrected chi connectivity index (χ1v) is 4.22. The molecule has 10 heavy (non-hydrogen) atoms. The van der Waals surface area contributed by atoms with Gasteiger partial charge in [-0.1, -0.05) is 20.3 Å². The molecule has 1 saturated carbocycles. The Kier molecular flexibility index (Phi) is 2.12. The fourth-order valence-corrected chi connectivity index (χ4v) is 1.11. The Morgan fingerprint density at radius 1 is 1.50 bits per heavy atom. The monoisotopic (exact) mass is 140 g/mol. The van der Waals surface area contributed by atoms with Crippen LogP contribution >= 0.6 is 0 Å². The summed E-state index contributed by atoms with van der Waals surface area (Å²) in [4.78, 5) is 11.3. The molecule has 0 aromatic heterocycles. The largest absolute Gasteiger partial charge is 0.299 e. The molecule has 0 radical (unpaired) electrons. The lowest BCUT2D eigenvalue weighted by Crippen LogP contribution is -2.10. The van der Waals surface area contributed by atoms with Gasteiger partial charge in [0.25, 0.3) is 0 Å².